The van der Waals surface area contributed by atoms with Crippen LogP contribution in [0.4, 0.5) is 0 Å². The molecule has 3 heterocycles. The minimum Gasteiger partial charge on any atom is -0.497 e. The van der Waals surface area contributed by atoms with Crippen molar-refractivity contribution in [3.05, 3.63) is 47.8 Å². The molecule has 0 aliphatic carbocycles. The predicted octanol–water partition coefficient (Wildman–Crippen LogP) is 3.03. The molecule has 0 atom stereocenters. The van der Waals surface area contributed by atoms with E-state index in [1.807, 2.05) is 24.3 Å². The molecule has 9 heteroatoms. The number of nitriles is 1. The Balaban J connectivity index is 1.58. The van der Waals surface area contributed by atoms with E-state index in [0.29, 0.717) is 55.4 Å². The van der Waals surface area contributed by atoms with Crippen LogP contribution in [0.5, 0.6) is 11.5 Å². The molecular weight excluding hydrogens is 422 g/mol. The summed E-state index contributed by atoms with van der Waals surface area (Å²) in [5.41, 5.74) is 2.11. The first kappa shape index (κ1) is 22.6. The Kier molecular flexibility index (Phi) is 7.05. The summed E-state index contributed by atoms with van der Waals surface area (Å²) < 4.78 is 18.0. The second kappa shape index (κ2) is 10.3. The normalized spacial score (nSPS) is 14.1. The van der Waals surface area contributed by atoms with Crippen LogP contribution in [0.25, 0.3) is 11.0 Å². The average Bonchev–Trinajstić information content (AvgIpc) is 3.27. The first-order valence-electron chi connectivity index (χ1n) is 10.9. The lowest BCUT2D eigenvalue weighted by atomic mass is 10.1. The number of fused-ring (bicyclic) bond motifs is 1. The first-order valence-corrected chi connectivity index (χ1v) is 10.9. The number of hydrogen-bond donors (Lipinski definition) is 0. The fourth-order valence-electron chi connectivity index (χ4n) is 4.13. The summed E-state index contributed by atoms with van der Waals surface area (Å²) in [5.74, 6) is 1.30. The van der Waals surface area contributed by atoms with Crippen LogP contribution in [0.1, 0.15) is 35.2 Å². The lowest BCUT2D eigenvalue weighted by Gasteiger charge is -2.34. The molecule has 0 radical (unpaired) electrons. The van der Waals surface area contributed by atoms with E-state index in [9.17, 15) is 4.79 Å². The molecule has 1 saturated heterocycles. The molecule has 3 aromatic rings. The predicted molar refractivity (Wildman–Crippen MR) is 121 cm³/mol. The SMILES string of the molecule is COc1ccc(Cn2ncc3cc(C(=O)N(CCC#N)C4CCOCC4)cnc32)c(OC)c1. The van der Waals surface area contributed by atoms with Crippen LogP contribution in [0.3, 0.4) is 0 Å². The number of nitrogens with zero attached hydrogens (tertiary/aromatic N) is 5. The summed E-state index contributed by atoms with van der Waals surface area (Å²) in [4.78, 5) is 19.7. The Hall–Kier alpha value is -3.64. The van der Waals surface area contributed by atoms with E-state index in [-0.39, 0.29) is 11.9 Å². The van der Waals surface area contributed by atoms with E-state index in [1.54, 1.807) is 36.2 Å². The zero-order valence-electron chi connectivity index (χ0n) is 18.9. The quantitative estimate of drug-likeness (QED) is 0.521. The maximum atomic E-state index is 13.3. The zero-order chi connectivity index (χ0) is 23.2. The molecule has 0 N–H and O–H groups in total. The summed E-state index contributed by atoms with van der Waals surface area (Å²) >= 11 is 0. The summed E-state index contributed by atoms with van der Waals surface area (Å²) in [6, 6.07) is 9.67. The van der Waals surface area contributed by atoms with Gasteiger partial charge >= 0.3 is 0 Å². The van der Waals surface area contributed by atoms with Gasteiger partial charge in [0.25, 0.3) is 5.91 Å². The van der Waals surface area contributed by atoms with E-state index in [0.717, 1.165) is 23.8 Å². The molecule has 4 rings (SSSR count). The summed E-state index contributed by atoms with van der Waals surface area (Å²) in [6.07, 6.45) is 5.14. The Morgan fingerprint density at radius 1 is 1.24 bits per heavy atom. The van der Waals surface area contributed by atoms with Gasteiger partial charge in [0, 0.05) is 49.0 Å². The summed E-state index contributed by atoms with van der Waals surface area (Å²) in [7, 11) is 3.23. The molecule has 33 heavy (non-hydrogen) atoms. The Morgan fingerprint density at radius 3 is 2.79 bits per heavy atom. The van der Waals surface area contributed by atoms with Gasteiger partial charge in [-0.3, -0.25) is 4.79 Å². The molecule has 1 fully saturated rings. The summed E-state index contributed by atoms with van der Waals surface area (Å²) in [6.45, 7) is 2.11. The van der Waals surface area contributed by atoms with Crippen molar-refractivity contribution in [3.8, 4) is 17.6 Å². The van der Waals surface area contributed by atoms with Gasteiger partial charge in [0.15, 0.2) is 5.65 Å². The van der Waals surface area contributed by atoms with Crippen molar-refractivity contribution >= 4 is 16.9 Å². The monoisotopic (exact) mass is 449 g/mol. The van der Waals surface area contributed by atoms with Gasteiger partial charge in [-0.1, -0.05) is 0 Å². The van der Waals surface area contributed by atoms with Gasteiger partial charge in [0.1, 0.15) is 11.5 Å². The number of hydrogen-bond acceptors (Lipinski definition) is 7. The van der Waals surface area contributed by atoms with Crippen LogP contribution in [-0.4, -0.2) is 65.6 Å². The number of benzene rings is 1. The molecule has 0 unspecified atom stereocenters. The van der Waals surface area contributed by atoms with E-state index in [2.05, 4.69) is 16.2 Å². The molecule has 2 aromatic heterocycles. The van der Waals surface area contributed by atoms with E-state index in [4.69, 9.17) is 19.5 Å². The molecule has 0 spiro atoms. The van der Waals surface area contributed by atoms with Gasteiger partial charge < -0.3 is 19.1 Å². The Labute approximate surface area is 192 Å². The van der Waals surface area contributed by atoms with Crippen LogP contribution in [0.15, 0.2) is 36.7 Å². The average molecular weight is 450 g/mol. The molecule has 1 aromatic carbocycles. The molecule has 0 saturated carbocycles. The van der Waals surface area contributed by atoms with Gasteiger partial charge in [0.2, 0.25) is 0 Å². The van der Waals surface area contributed by atoms with Crippen molar-refractivity contribution < 1.29 is 19.0 Å². The van der Waals surface area contributed by atoms with Gasteiger partial charge in [0.05, 0.1) is 45.0 Å². The fraction of sp³-hybridized carbons (Fsp3) is 0.417. The van der Waals surface area contributed by atoms with Crippen molar-refractivity contribution in [1.82, 2.24) is 19.7 Å². The lowest BCUT2D eigenvalue weighted by Crippen LogP contribution is -2.44. The van der Waals surface area contributed by atoms with E-state index >= 15 is 0 Å². The van der Waals surface area contributed by atoms with Crippen molar-refractivity contribution in [3.63, 3.8) is 0 Å². The van der Waals surface area contributed by atoms with Crippen LogP contribution in [-0.2, 0) is 11.3 Å². The number of ether oxygens (including phenoxy) is 3. The number of pyridine rings is 1. The van der Waals surface area contributed by atoms with Crippen LogP contribution < -0.4 is 9.47 Å². The second-order valence-corrected chi connectivity index (χ2v) is 7.87. The van der Waals surface area contributed by atoms with Crippen molar-refractivity contribution in [2.75, 3.05) is 34.0 Å². The number of aromatic nitrogens is 3. The van der Waals surface area contributed by atoms with Crippen LogP contribution >= 0.6 is 0 Å². The molecule has 1 aliphatic rings. The largest absolute Gasteiger partial charge is 0.497 e. The standard InChI is InChI=1S/C24H27N5O4/c1-31-21-5-4-17(22(13-21)32-2)16-29-23-18(15-27-29)12-19(14-26-23)24(30)28(9-3-8-25)20-6-10-33-11-7-20/h4-5,12-15,20H,3,6-7,9-11,16H2,1-2H3. The molecule has 172 valence electrons. The fourth-order valence-corrected chi connectivity index (χ4v) is 4.13. The van der Waals surface area contributed by atoms with Gasteiger partial charge in [-0.25, -0.2) is 9.67 Å². The number of rotatable bonds is 8. The highest BCUT2D eigenvalue weighted by atomic mass is 16.5. The first-order chi connectivity index (χ1) is 16.1. The Morgan fingerprint density at radius 2 is 2.06 bits per heavy atom. The van der Waals surface area contributed by atoms with E-state index in [1.165, 1.54) is 0 Å². The van der Waals surface area contributed by atoms with Crippen molar-refractivity contribution in [2.45, 2.75) is 31.8 Å². The molecule has 9 nitrogen and oxygen atoms in total. The third kappa shape index (κ3) is 4.91. The van der Waals surface area contributed by atoms with Gasteiger partial charge in [-0.15, -0.1) is 0 Å². The van der Waals surface area contributed by atoms with Crippen molar-refractivity contribution in [1.29, 1.82) is 5.26 Å². The molecule has 0 bridgehead atoms. The maximum absolute atomic E-state index is 13.3. The minimum absolute atomic E-state index is 0.0700. The van der Waals surface area contributed by atoms with Crippen LogP contribution in [0, 0.1) is 11.3 Å². The smallest absolute Gasteiger partial charge is 0.255 e. The highest BCUT2D eigenvalue weighted by molar-refractivity contribution is 5.97. The highest BCUT2D eigenvalue weighted by Gasteiger charge is 2.27. The third-order valence-electron chi connectivity index (χ3n) is 5.89. The number of methoxy groups -OCH3 is 2. The highest BCUT2D eigenvalue weighted by Crippen LogP contribution is 2.26. The maximum Gasteiger partial charge on any atom is 0.255 e. The molecule has 1 aliphatic heterocycles. The van der Waals surface area contributed by atoms with Gasteiger partial charge in [-0.2, -0.15) is 10.4 Å². The van der Waals surface area contributed by atoms with Crippen LogP contribution in [0.2, 0.25) is 0 Å². The zero-order valence-corrected chi connectivity index (χ0v) is 18.9. The third-order valence-corrected chi connectivity index (χ3v) is 5.89. The molecule has 1 amide bonds. The number of carbonyl (C=O) groups excluding carboxylic acids is 1. The summed E-state index contributed by atoms with van der Waals surface area (Å²) in [5, 5.41) is 14.3. The Bertz CT molecular complexity index is 1160. The van der Waals surface area contributed by atoms with E-state index < -0.39 is 0 Å². The molecular formula is C24H27N5O4. The topological polar surface area (TPSA) is 103 Å². The lowest BCUT2D eigenvalue weighted by molar-refractivity contribution is 0.0296. The van der Waals surface area contributed by atoms with Gasteiger partial charge in [-0.05, 0) is 31.0 Å². The minimum atomic E-state index is -0.115. The number of carbonyl (C=O) groups is 1. The van der Waals surface area contributed by atoms with Crippen molar-refractivity contribution in [2.24, 2.45) is 0 Å². The second-order valence-electron chi connectivity index (χ2n) is 7.87. The number of amides is 1.